The van der Waals surface area contributed by atoms with E-state index in [-0.39, 0.29) is 5.78 Å². The standard InChI is InChI=1S/C15H16Cl2O/c16-13-4-3-11(7-14(13)17)15(18)8-12-6-9-1-2-10(12)5-9/h3-4,7,9-10,12H,1-2,5-6,8H2. The van der Waals surface area contributed by atoms with Gasteiger partial charge in [0.25, 0.3) is 0 Å². The van der Waals surface area contributed by atoms with Crippen molar-refractivity contribution >= 4 is 29.0 Å². The van der Waals surface area contributed by atoms with Gasteiger partial charge < -0.3 is 0 Å². The lowest BCUT2D eigenvalue weighted by Gasteiger charge is -2.20. The Morgan fingerprint density at radius 3 is 2.61 bits per heavy atom. The Hall–Kier alpha value is -0.530. The van der Waals surface area contributed by atoms with Crippen LogP contribution in [0.3, 0.4) is 0 Å². The van der Waals surface area contributed by atoms with Crippen LogP contribution < -0.4 is 0 Å². The van der Waals surface area contributed by atoms with Gasteiger partial charge in [0.1, 0.15) is 0 Å². The molecule has 3 unspecified atom stereocenters. The molecule has 2 fully saturated rings. The van der Waals surface area contributed by atoms with Crippen LogP contribution in [0.15, 0.2) is 18.2 Å². The van der Waals surface area contributed by atoms with Crippen LogP contribution in [0.5, 0.6) is 0 Å². The Labute approximate surface area is 117 Å². The maximum atomic E-state index is 12.2. The number of ketones is 1. The smallest absolute Gasteiger partial charge is 0.163 e. The normalized spacial score (nSPS) is 29.8. The largest absolute Gasteiger partial charge is 0.294 e. The van der Waals surface area contributed by atoms with E-state index >= 15 is 0 Å². The van der Waals surface area contributed by atoms with E-state index < -0.39 is 0 Å². The molecule has 3 rings (SSSR count). The molecule has 0 radical (unpaired) electrons. The van der Waals surface area contributed by atoms with Gasteiger partial charge in [-0.25, -0.2) is 0 Å². The van der Waals surface area contributed by atoms with Gasteiger partial charge in [-0.2, -0.15) is 0 Å². The maximum absolute atomic E-state index is 12.2. The van der Waals surface area contributed by atoms with Crippen LogP contribution >= 0.6 is 23.2 Å². The number of carbonyl (C=O) groups excluding carboxylic acids is 1. The Morgan fingerprint density at radius 1 is 1.17 bits per heavy atom. The molecule has 0 amide bonds. The molecule has 0 aromatic heterocycles. The van der Waals surface area contributed by atoms with Gasteiger partial charge in [0.2, 0.25) is 0 Å². The number of hydrogen-bond donors (Lipinski definition) is 0. The van der Waals surface area contributed by atoms with Gasteiger partial charge in [-0.1, -0.05) is 29.6 Å². The summed E-state index contributed by atoms with van der Waals surface area (Å²) in [4.78, 5) is 12.2. The first-order valence-corrected chi connectivity index (χ1v) is 7.37. The Kier molecular flexibility index (Phi) is 3.38. The predicted octanol–water partition coefficient (Wildman–Crippen LogP) is 5.00. The highest BCUT2D eigenvalue weighted by Crippen LogP contribution is 2.49. The van der Waals surface area contributed by atoms with Crippen molar-refractivity contribution in [1.29, 1.82) is 0 Å². The highest BCUT2D eigenvalue weighted by Gasteiger charge is 2.40. The lowest BCUT2D eigenvalue weighted by atomic mass is 9.84. The van der Waals surface area contributed by atoms with Gasteiger partial charge in [-0.15, -0.1) is 0 Å². The molecule has 3 heteroatoms. The second kappa shape index (κ2) is 4.86. The molecule has 1 aromatic carbocycles. The average molecular weight is 283 g/mol. The van der Waals surface area contributed by atoms with Crippen LogP contribution in [0.25, 0.3) is 0 Å². The minimum atomic E-state index is 0.214. The fourth-order valence-corrected chi connectivity index (χ4v) is 3.95. The van der Waals surface area contributed by atoms with Gasteiger partial charge in [0, 0.05) is 12.0 Å². The highest BCUT2D eigenvalue weighted by molar-refractivity contribution is 6.42. The number of fused-ring (bicyclic) bond motifs is 2. The molecule has 2 aliphatic carbocycles. The molecular formula is C15H16Cl2O. The number of benzene rings is 1. The predicted molar refractivity (Wildman–Crippen MR) is 74.3 cm³/mol. The summed E-state index contributed by atoms with van der Waals surface area (Å²) >= 11 is 11.8. The number of hydrogen-bond acceptors (Lipinski definition) is 1. The third-order valence-corrected chi connectivity index (χ3v) is 5.31. The van der Waals surface area contributed by atoms with Crippen LogP contribution in [0, 0.1) is 17.8 Å². The topological polar surface area (TPSA) is 17.1 Å². The molecule has 2 saturated carbocycles. The van der Waals surface area contributed by atoms with Crippen molar-refractivity contribution < 1.29 is 4.79 Å². The molecule has 18 heavy (non-hydrogen) atoms. The Morgan fingerprint density at radius 2 is 2.00 bits per heavy atom. The third-order valence-electron chi connectivity index (χ3n) is 4.57. The van der Waals surface area contributed by atoms with Crippen molar-refractivity contribution in [3.8, 4) is 0 Å². The van der Waals surface area contributed by atoms with Gasteiger partial charge in [0.05, 0.1) is 10.0 Å². The zero-order valence-corrected chi connectivity index (χ0v) is 11.7. The quantitative estimate of drug-likeness (QED) is 0.713. The Bertz CT molecular complexity index is 483. The van der Waals surface area contributed by atoms with Gasteiger partial charge in [-0.3, -0.25) is 4.79 Å². The number of carbonyl (C=O) groups is 1. The first kappa shape index (κ1) is 12.5. The maximum Gasteiger partial charge on any atom is 0.163 e. The molecule has 2 bridgehead atoms. The van der Waals surface area contributed by atoms with Crippen LogP contribution in [-0.2, 0) is 0 Å². The van der Waals surface area contributed by atoms with Crippen LogP contribution in [-0.4, -0.2) is 5.78 Å². The summed E-state index contributed by atoms with van der Waals surface area (Å²) < 4.78 is 0. The van der Waals surface area contributed by atoms with Crippen molar-refractivity contribution in [2.75, 3.05) is 0 Å². The summed E-state index contributed by atoms with van der Waals surface area (Å²) in [7, 11) is 0. The second-order valence-electron chi connectivity index (χ2n) is 5.69. The zero-order valence-electron chi connectivity index (χ0n) is 10.2. The summed E-state index contributed by atoms with van der Waals surface area (Å²) in [6.07, 6.45) is 5.97. The number of halogens is 2. The highest BCUT2D eigenvalue weighted by atomic mass is 35.5. The molecule has 1 nitrogen and oxygen atoms in total. The zero-order chi connectivity index (χ0) is 12.7. The fraction of sp³-hybridized carbons (Fsp3) is 0.533. The summed E-state index contributed by atoms with van der Waals surface area (Å²) in [5.74, 6) is 2.50. The van der Waals surface area contributed by atoms with Crippen molar-refractivity contribution in [1.82, 2.24) is 0 Å². The number of rotatable bonds is 3. The monoisotopic (exact) mass is 282 g/mol. The Balaban J connectivity index is 1.69. The molecule has 0 aliphatic heterocycles. The van der Waals surface area contributed by atoms with E-state index in [1.807, 2.05) is 0 Å². The first-order valence-electron chi connectivity index (χ1n) is 6.61. The lowest BCUT2D eigenvalue weighted by Crippen LogP contribution is -2.15. The van der Waals surface area contributed by atoms with Crippen LogP contribution in [0.1, 0.15) is 42.5 Å². The average Bonchev–Trinajstić information content (AvgIpc) is 2.94. The fourth-order valence-electron chi connectivity index (χ4n) is 3.65. The van der Waals surface area contributed by atoms with Crippen molar-refractivity contribution in [3.63, 3.8) is 0 Å². The molecule has 0 saturated heterocycles. The summed E-state index contributed by atoms with van der Waals surface area (Å²) in [5.41, 5.74) is 0.701. The van der Waals surface area contributed by atoms with Gasteiger partial charge in [-0.05, 0) is 55.2 Å². The lowest BCUT2D eigenvalue weighted by molar-refractivity contribution is 0.0944. The van der Waals surface area contributed by atoms with Gasteiger partial charge in [0.15, 0.2) is 5.78 Å². The molecule has 0 heterocycles. The van der Waals surface area contributed by atoms with E-state index in [0.717, 1.165) is 11.8 Å². The third kappa shape index (κ3) is 2.31. The second-order valence-corrected chi connectivity index (χ2v) is 6.51. The molecule has 96 valence electrons. The van der Waals surface area contributed by atoms with E-state index in [9.17, 15) is 4.79 Å². The first-order chi connectivity index (χ1) is 8.63. The molecule has 0 N–H and O–H groups in total. The SMILES string of the molecule is O=C(CC1CC2CCC1C2)c1ccc(Cl)c(Cl)c1. The van der Waals surface area contributed by atoms with E-state index in [4.69, 9.17) is 23.2 Å². The molecule has 3 atom stereocenters. The van der Waals surface area contributed by atoms with Crippen molar-refractivity contribution in [2.45, 2.75) is 32.1 Å². The van der Waals surface area contributed by atoms with Crippen molar-refractivity contribution in [2.24, 2.45) is 17.8 Å². The minimum absolute atomic E-state index is 0.214. The van der Waals surface area contributed by atoms with Crippen LogP contribution in [0.4, 0.5) is 0 Å². The van der Waals surface area contributed by atoms with Crippen LogP contribution in [0.2, 0.25) is 10.0 Å². The molecule has 2 aliphatic rings. The van der Waals surface area contributed by atoms with E-state index in [0.29, 0.717) is 27.9 Å². The van der Waals surface area contributed by atoms with E-state index in [1.54, 1.807) is 18.2 Å². The van der Waals surface area contributed by atoms with Crippen molar-refractivity contribution in [3.05, 3.63) is 33.8 Å². The summed E-state index contributed by atoms with van der Waals surface area (Å²) in [6, 6.07) is 5.18. The summed E-state index contributed by atoms with van der Waals surface area (Å²) in [5, 5.41) is 0.976. The van der Waals surface area contributed by atoms with Gasteiger partial charge >= 0.3 is 0 Å². The number of Topliss-reactive ketones (excluding diaryl/α,β-unsaturated/α-hetero) is 1. The molecule has 0 spiro atoms. The van der Waals surface area contributed by atoms with E-state index in [2.05, 4.69) is 0 Å². The summed E-state index contributed by atoms with van der Waals surface area (Å²) in [6.45, 7) is 0. The molecular weight excluding hydrogens is 267 g/mol. The minimum Gasteiger partial charge on any atom is -0.294 e. The molecule has 1 aromatic rings. The van der Waals surface area contributed by atoms with E-state index in [1.165, 1.54) is 25.7 Å².